The first-order valence-electron chi connectivity index (χ1n) is 7.38. The van der Waals surface area contributed by atoms with Gasteiger partial charge in [0.25, 0.3) is 0 Å². The fourth-order valence-corrected chi connectivity index (χ4v) is 2.96. The SMILES string of the molecule is O=C1CN(C(=O)[C@@H]2C[C@H]2c2ccncc2)CCN1CC(F)(F)F. The standard InChI is InChI=1S/C15H16F3N3O2/c16-15(17,18)9-21-6-5-20(8-13(21)22)14(23)12-7-11(12)10-1-3-19-4-2-10/h1-4,11-12H,5-9H2/t11-,12+/m0/s1. The van der Waals surface area contributed by atoms with Crippen LogP contribution in [0.5, 0.6) is 0 Å². The maximum Gasteiger partial charge on any atom is 0.406 e. The number of halogens is 3. The van der Waals surface area contributed by atoms with Crippen molar-refractivity contribution in [3.63, 3.8) is 0 Å². The second-order valence-corrected chi connectivity index (χ2v) is 5.92. The summed E-state index contributed by atoms with van der Waals surface area (Å²) in [6.45, 7) is -1.44. The number of carbonyl (C=O) groups is 2. The average molecular weight is 327 g/mol. The van der Waals surface area contributed by atoms with Gasteiger partial charge in [-0.05, 0) is 30.0 Å². The molecule has 1 aromatic rings. The number of amides is 2. The number of nitrogens with zero attached hydrogens (tertiary/aromatic N) is 3. The Morgan fingerprint density at radius 3 is 2.57 bits per heavy atom. The van der Waals surface area contributed by atoms with E-state index in [0.717, 1.165) is 10.5 Å². The molecular formula is C15H16F3N3O2. The van der Waals surface area contributed by atoms with E-state index in [1.165, 1.54) is 4.90 Å². The smallest absolute Gasteiger partial charge is 0.331 e. The predicted molar refractivity (Wildman–Crippen MR) is 74.3 cm³/mol. The van der Waals surface area contributed by atoms with Crippen molar-refractivity contribution >= 4 is 11.8 Å². The number of rotatable bonds is 3. The van der Waals surface area contributed by atoms with E-state index < -0.39 is 18.6 Å². The minimum atomic E-state index is -4.41. The summed E-state index contributed by atoms with van der Waals surface area (Å²) in [5.41, 5.74) is 1.03. The van der Waals surface area contributed by atoms with Crippen LogP contribution in [-0.4, -0.2) is 59.0 Å². The fraction of sp³-hybridized carbons (Fsp3) is 0.533. The van der Waals surface area contributed by atoms with Gasteiger partial charge in [-0.15, -0.1) is 0 Å². The molecule has 1 aliphatic heterocycles. The van der Waals surface area contributed by atoms with Crippen LogP contribution in [-0.2, 0) is 9.59 Å². The van der Waals surface area contributed by atoms with Gasteiger partial charge in [-0.25, -0.2) is 0 Å². The van der Waals surface area contributed by atoms with Gasteiger partial charge >= 0.3 is 6.18 Å². The first-order valence-corrected chi connectivity index (χ1v) is 7.38. The van der Waals surface area contributed by atoms with Gasteiger partial charge in [0.1, 0.15) is 6.54 Å². The minimum absolute atomic E-state index is 0.0727. The largest absolute Gasteiger partial charge is 0.406 e. The number of hydrogen-bond acceptors (Lipinski definition) is 3. The first kappa shape index (κ1) is 15.8. The maximum absolute atomic E-state index is 12.4. The summed E-state index contributed by atoms with van der Waals surface area (Å²) in [6, 6.07) is 3.70. The lowest BCUT2D eigenvalue weighted by molar-refractivity contribution is -0.167. The molecule has 0 aromatic carbocycles. The molecule has 1 saturated carbocycles. The Labute approximate surface area is 131 Å². The summed E-state index contributed by atoms with van der Waals surface area (Å²) < 4.78 is 37.1. The molecular weight excluding hydrogens is 311 g/mol. The number of aromatic nitrogens is 1. The minimum Gasteiger partial charge on any atom is -0.331 e. The van der Waals surface area contributed by atoms with Crippen LogP contribution in [0.4, 0.5) is 13.2 Å². The Kier molecular flexibility index (Phi) is 3.99. The Balaban J connectivity index is 1.56. The molecule has 5 nitrogen and oxygen atoms in total. The normalized spacial score (nSPS) is 24.7. The van der Waals surface area contributed by atoms with Crippen LogP contribution in [0, 0.1) is 5.92 Å². The zero-order chi connectivity index (χ0) is 16.6. The van der Waals surface area contributed by atoms with Crippen molar-refractivity contribution in [2.75, 3.05) is 26.2 Å². The van der Waals surface area contributed by atoms with E-state index in [-0.39, 0.29) is 37.4 Å². The molecule has 2 heterocycles. The highest BCUT2D eigenvalue weighted by Gasteiger charge is 2.47. The van der Waals surface area contributed by atoms with Crippen molar-refractivity contribution in [1.29, 1.82) is 0 Å². The van der Waals surface area contributed by atoms with Crippen molar-refractivity contribution in [3.05, 3.63) is 30.1 Å². The van der Waals surface area contributed by atoms with Crippen molar-refractivity contribution < 1.29 is 22.8 Å². The Hall–Kier alpha value is -2.12. The number of hydrogen-bond donors (Lipinski definition) is 0. The summed E-state index contributed by atoms with van der Waals surface area (Å²) in [5, 5.41) is 0. The van der Waals surface area contributed by atoms with Crippen LogP contribution in [0.1, 0.15) is 17.9 Å². The fourth-order valence-electron chi connectivity index (χ4n) is 2.96. The Bertz CT molecular complexity index is 606. The summed E-state index contributed by atoms with van der Waals surface area (Å²) >= 11 is 0. The van der Waals surface area contributed by atoms with Crippen LogP contribution >= 0.6 is 0 Å². The second-order valence-electron chi connectivity index (χ2n) is 5.92. The molecule has 3 rings (SSSR count). The summed E-state index contributed by atoms with van der Waals surface area (Å²) in [7, 11) is 0. The maximum atomic E-state index is 12.4. The highest BCUT2D eigenvalue weighted by Crippen LogP contribution is 2.48. The molecule has 0 unspecified atom stereocenters. The lowest BCUT2D eigenvalue weighted by Crippen LogP contribution is -2.54. The quantitative estimate of drug-likeness (QED) is 0.844. The van der Waals surface area contributed by atoms with E-state index in [0.29, 0.717) is 6.42 Å². The lowest BCUT2D eigenvalue weighted by atomic mass is 10.1. The summed E-state index contributed by atoms with van der Waals surface area (Å²) in [4.78, 5) is 30.3. The predicted octanol–water partition coefficient (Wildman–Crippen LogP) is 1.42. The van der Waals surface area contributed by atoms with Crippen molar-refractivity contribution in [1.82, 2.24) is 14.8 Å². The molecule has 0 bridgehead atoms. The molecule has 1 aromatic heterocycles. The third-order valence-corrected chi connectivity index (χ3v) is 4.24. The van der Waals surface area contributed by atoms with E-state index in [4.69, 9.17) is 0 Å². The van der Waals surface area contributed by atoms with Crippen LogP contribution in [0.2, 0.25) is 0 Å². The van der Waals surface area contributed by atoms with Gasteiger partial charge < -0.3 is 9.80 Å². The molecule has 2 aliphatic rings. The van der Waals surface area contributed by atoms with Gasteiger partial charge in [-0.1, -0.05) is 0 Å². The molecule has 8 heteroatoms. The molecule has 0 N–H and O–H groups in total. The van der Waals surface area contributed by atoms with E-state index in [1.807, 2.05) is 12.1 Å². The van der Waals surface area contributed by atoms with E-state index in [2.05, 4.69) is 4.98 Å². The molecule has 0 spiro atoms. The van der Waals surface area contributed by atoms with Crippen LogP contribution in [0.25, 0.3) is 0 Å². The van der Waals surface area contributed by atoms with Crippen LogP contribution in [0.15, 0.2) is 24.5 Å². The molecule has 1 aliphatic carbocycles. The molecule has 124 valence electrons. The van der Waals surface area contributed by atoms with E-state index >= 15 is 0 Å². The molecule has 0 radical (unpaired) electrons. The number of piperazine rings is 1. The molecule has 2 atom stereocenters. The highest BCUT2D eigenvalue weighted by atomic mass is 19.4. The zero-order valence-corrected chi connectivity index (χ0v) is 12.3. The van der Waals surface area contributed by atoms with Gasteiger partial charge in [0.05, 0.1) is 6.54 Å². The lowest BCUT2D eigenvalue weighted by Gasteiger charge is -2.34. The highest BCUT2D eigenvalue weighted by molar-refractivity contribution is 5.89. The van der Waals surface area contributed by atoms with Gasteiger partial charge in [0.15, 0.2) is 0 Å². The number of carbonyl (C=O) groups excluding carboxylic acids is 2. The van der Waals surface area contributed by atoms with Crippen molar-refractivity contribution in [2.45, 2.75) is 18.5 Å². The third-order valence-electron chi connectivity index (χ3n) is 4.24. The first-order chi connectivity index (χ1) is 10.8. The average Bonchev–Trinajstić information content (AvgIpc) is 3.29. The summed E-state index contributed by atoms with van der Waals surface area (Å²) in [6.07, 6.45) is -0.381. The van der Waals surface area contributed by atoms with Crippen molar-refractivity contribution in [2.24, 2.45) is 5.92 Å². The number of pyridine rings is 1. The molecule has 2 fully saturated rings. The van der Waals surface area contributed by atoms with E-state index in [9.17, 15) is 22.8 Å². The molecule has 23 heavy (non-hydrogen) atoms. The third kappa shape index (κ3) is 3.62. The van der Waals surface area contributed by atoms with Gasteiger partial charge in [-0.2, -0.15) is 13.2 Å². The molecule has 2 amide bonds. The van der Waals surface area contributed by atoms with Crippen LogP contribution in [0.3, 0.4) is 0 Å². The van der Waals surface area contributed by atoms with Crippen LogP contribution < -0.4 is 0 Å². The van der Waals surface area contributed by atoms with Crippen molar-refractivity contribution in [3.8, 4) is 0 Å². The van der Waals surface area contributed by atoms with Gasteiger partial charge in [-0.3, -0.25) is 14.6 Å². The van der Waals surface area contributed by atoms with Gasteiger partial charge in [0, 0.05) is 31.4 Å². The summed E-state index contributed by atoms with van der Waals surface area (Å²) in [5.74, 6) is -0.858. The topological polar surface area (TPSA) is 53.5 Å². The monoisotopic (exact) mass is 327 g/mol. The Morgan fingerprint density at radius 1 is 1.26 bits per heavy atom. The Morgan fingerprint density at radius 2 is 1.96 bits per heavy atom. The second kappa shape index (κ2) is 5.82. The molecule has 1 saturated heterocycles. The van der Waals surface area contributed by atoms with E-state index in [1.54, 1.807) is 12.4 Å². The number of alkyl halides is 3. The van der Waals surface area contributed by atoms with Gasteiger partial charge in [0.2, 0.25) is 11.8 Å². The zero-order valence-electron chi connectivity index (χ0n) is 12.3.